The third-order valence-electron chi connectivity index (χ3n) is 10.9. The molecular weight excluding hydrogens is 442 g/mol. The van der Waals surface area contributed by atoms with Crippen LogP contribution in [0.15, 0.2) is 12.1 Å². The SMILES string of the molecule is O=C(C[C@H]1COCCN1)N1CC[C@@]23CC[C@@H]1[C@@H]1Oc4c(O)ccc5c4[C@@]12CCN(CC1CC1)[C@@H]3C5. The predicted octanol–water partition coefficient (Wildman–Crippen LogP) is 2.19. The number of carbonyl (C=O) groups is 1. The summed E-state index contributed by atoms with van der Waals surface area (Å²) in [6.07, 6.45) is 8.54. The molecule has 2 spiro atoms. The second-order valence-corrected chi connectivity index (χ2v) is 12.4. The molecule has 2 N–H and O–H groups in total. The predicted molar refractivity (Wildman–Crippen MR) is 130 cm³/mol. The van der Waals surface area contributed by atoms with Crippen molar-refractivity contribution in [2.24, 2.45) is 11.3 Å². The number of aromatic hydroxyl groups is 1. The van der Waals surface area contributed by atoms with Crippen LogP contribution in [0.1, 0.15) is 56.1 Å². The number of amides is 1. The molecular formula is C28H37N3O4. The van der Waals surface area contributed by atoms with E-state index in [1.807, 2.05) is 6.07 Å². The number of rotatable bonds is 4. The fraction of sp³-hybridized carbons (Fsp3) is 0.750. The Morgan fingerprint density at radius 2 is 2.09 bits per heavy atom. The molecule has 1 aromatic carbocycles. The minimum atomic E-state index is -0.0798. The van der Waals surface area contributed by atoms with E-state index < -0.39 is 0 Å². The molecule has 4 bridgehead atoms. The summed E-state index contributed by atoms with van der Waals surface area (Å²) in [6.45, 7) is 5.32. The number of ether oxygens (including phenoxy) is 2. The number of nitrogens with zero attached hydrogens (tertiary/aromatic N) is 2. The Labute approximate surface area is 207 Å². The zero-order valence-corrected chi connectivity index (χ0v) is 20.5. The molecule has 188 valence electrons. The molecule has 5 aliphatic heterocycles. The van der Waals surface area contributed by atoms with E-state index in [9.17, 15) is 9.90 Å². The van der Waals surface area contributed by atoms with E-state index in [2.05, 4.69) is 21.2 Å². The summed E-state index contributed by atoms with van der Waals surface area (Å²) in [4.78, 5) is 18.8. The van der Waals surface area contributed by atoms with Crippen LogP contribution in [0.2, 0.25) is 0 Å². The zero-order chi connectivity index (χ0) is 23.4. The molecule has 1 aromatic rings. The Balaban J connectivity index is 1.21. The molecule has 6 atom stereocenters. The number of hydrogen-bond acceptors (Lipinski definition) is 6. The Bertz CT molecular complexity index is 1070. The maximum Gasteiger partial charge on any atom is 0.224 e. The average Bonchev–Trinajstić information content (AvgIpc) is 3.65. The molecule has 35 heavy (non-hydrogen) atoms. The van der Waals surface area contributed by atoms with Gasteiger partial charge in [-0.1, -0.05) is 6.07 Å². The van der Waals surface area contributed by atoms with Gasteiger partial charge in [-0.3, -0.25) is 9.69 Å². The number of morpholine rings is 1. The Kier molecular flexibility index (Phi) is 4.47. The van der Waals surface area contributed by atoms with Gasteiger partial charge in [0, 0.05) is 54.5 Å². The number of piperidine rings is 1. The number of nitrogens with one attached hydrogen (secondary N) is 1. The maximum atomic E-state index is 13.8. The fourth-order valence-corrected chi connectivity index (χ4v) is 9.38. The van der Waals surface area contributed by atoms with E-state index in [0.29, 0.717) is 19.1 Å². The van der Waals surface area contributed by atoms with Crippen LogP contribution in [0, 0.1) is 11.3 Å². The second-order valence-electron chi connectivity index (χ2n) is 12.4. The summed E-state index contributed by atoms with van der Waals surface area (Å²) in [7, 11) is 0. The van der Waals surface area contributed by atoms with E-state index in [-0.39, 0.29) is 40.7 Å². The first kappa shape index (κ1) is 21.3. The van der Waals surface area contributed by atoms with Gasteiger partial charge in [-0.15, -0.1) is 0 Å². The Hall–Kier alpha value is -1.83. The van der Waals surface area contributed by atoms with E-state index in [0.717, 1.165) is 70.0 Å². The molecule has 5 heterocycles. The third kappa shape index (κ3) is 2.75. The van der Waals surface area contributed by atoms with Crippen LogP contribution < -0.4 is 10.1 Å². The molecule has 6 fully saturated rings. The largest absolute Gasteiger partial charge is 0.504 e. The van der Waals surface area contributed by atoms with Crippen molar-refractivity contribution >= 4 is 5.91 Å². The van der Waals surface area contributed by atoms with Crippen LogP contribution in [-0.2, 0) is 21.4 Å². The lowest BCUT2D eigenvalue weighted by atomic mass is 9.42. The van der Waals surface area contributed by atoms with Gasteiger partial charge in [0.25, 0.3) is 0 Å². The van der Waals surface area contributed by atoms with E-state index in [1.165, 1.54) is 30.5 Å². The van der Waals surface area contributed by atoms with Gasteiger partial charge in [0.2, 0.25) is 5.91 Å². The summed E-state index contributed by atoms with van der Waals surface area (Å²) in [5.74, 6) is 2.12. The number of benzene rings is 1. The lowest BCUT2D eigenvalue weighted by Crippen LogP contribution is -2.72. The van der Waals surface area contributed by atoms with E-state index in [4.69, 9.17) is 9.47 Å². The molecule has 7 nitrogen and oxygen atoms in total. The van der Waals surface area contributed by atoms with Crippen molar-refractivity contribution < 1.29 is 19.4 Å². The average molecular weight is 480 g/mol. The van der Waals surface area contributed by atoms with Crippen LogP contribution in [0.25, 0.3) is 0 Å². The molecule has 0 unspecified atom stereocenters. The van der Waals surface area contributed by atoms with Gasteiger partial charge in [-0.25, -0.2) is 0 Å². The van der Waals surface area contributed by atoms with Crippen LogP contribution in [0.5, 0.6) is 11.5 Å². The van der Waals surface area contributed by atoms with Gasteiger partial charge in [0.15, 0.2) is 11.5 Å². The molecule has 3 aliphatic carbocycles. The highest BCUT2D eigenvalue weighted by molar-refractivity contribution is 5.78. The normalized spacial score (nSPS) is 41.3. The van der Waals surface area contributed by atoms with Crippen molar-refractivity contribution in [2.75, 3.05) is 39.4 Å². The monoisotopic (exact) mass is 479 g/mol. The summed E-state index contributed by atoms with van der Waals surface area (Å²) in [5.41, 5.74) is 2.73. The number of phenolic OH excluding ortho intramolecular Hbond substituents is 1. The van der Waals surface area contributed by atoms with Crippen molar-refractivity contribution in [3.05, 3.63) is 23.3 Å². The van der Waals surface area contributed by atoms with Crippen LogP contribution in [0.4, 0.5) is 0 Å². The molecule has 4 saturated heterocycles. The van der Waals surface area contributed by atoms with E-state index >= 15 is 0 Å². The molecule has 0 aromatic heterocycles. The Morgan fingerprint density at radius 3 is 2.91 bits per heavy atom. The van der Waals surface area contributed by atoms with Gasteiger partial charge in [0.1, 0.15) is 6.10 Å². The minimum Gasteiger partial charge on any atom is -0.504 e. The van der Waals surface area contributed by atoms with Crippen molar-refractivity contribution in [3.63, 3.8) is 0 Å². The fourth-order valence-electron chi connectivity index (χ4n) is 9.38. The summed E-state index contributed by atoms with van der Waals surface area (Å²) in [5, 5.41) is 14.4. The molecule has 1 amide bonds. The van der Waals surface area contributed by atoms with Gasteiger partial charge >= 0.3 is 0 Å². The molecule has 7 heteroatoms. The summed E-state index contributed by atoms with van der Waals surface area (Å²) in [6, 6.07) is 4.69. The number of hydrogen-bond donors (Lipinski definition) is 2. The third-order valence-corrected chi connectivity index (χ3v) is 10.9. The number of phenols is 1. The van der Waals surface area contributed by atoms with Crippen LogP contribution in [0.3, 0.4) is 0 Å². The number of fused-ring (bicyclic) bond motifs is 3. The van der Waals surface area contributed by atoms with Crippen LogP contribution >= 0.6 is 0 Å². The maximum absolute atomic E-state index is 13.8. The van der Waals surface area contributed by atoms with Gasteiger partial charge in [-0.2, -0.15) is 0 Å². The van der Waals surface area contributed by atoms with Crippen molar-refractivity contribution in [1.82, 2.24) is 15.1 Å². The smallest absolute Gasteiger partial charge is 0.224 e. The number of carbonyl (C=O) groups excluding carboxylic acids is 1. The first-order valence-electron chi connectivity index (χ1n) is 14.0. The highest BCUT2D eigenvalue weighted by Crippen LogP contribution is 2.71. The highest BCUT2D eigenvalue weighted by Gasteiger charge is 2.74. The summed E-state index contributed by atoms with van der Waals surface area (Å²) < 4.78 is 12.4. The minimum absolute atomic E-state index is 0.0498. The first-order chi connectivity index (χ1) is 17.1. The quantitative estimate of drug-likeness (QED) is 0.690. The van der Waals surface area contributed by atoms with Crippen molar-refractivity contribution in [2.45, 2.75) is 81.0 Å². The topological polar surface area (TPSA) is 74.3 Å². The standard InChI is InChI=1S/C28H37N3O4/c32-21-4-3-18-13-22-27-6-5-20(31(11-7-27)23(33)14-19-16-34-12-9-29-19)26-28(27,24(18)25(21)35-26)8-10-30(22)15-17-1-2-17/h3-4,17,19-20,22,26,29,32H,1-2,5-16H2/t19-,20+,22+,26-,27+,28-/m0/s1. The molecule has 0 radical (unpaired) electrons. The zero-order valence-electron chi connectivity index (χ0n) is 20.5. The second kappa shape index (κ2) is 7.36. The molecule has 2 saturated carbocycles. The van der Waals surface area contributed by atoms with Crippen molar-refractivity contribution in [3.8, 4) is 11.5 Å². The molecule has 9 rings (SSSR count). The van der Waals surface area contributed by atoms with Crippen LogP contribution in [-0.4, -0.2) is 84.4 Å². The van der Waals surface area contributed by atoms with Gasteiger partial charge < -0.3 is 24.8 Å². The Morgan fingerprint density at radius 1 is 1.17 bits per heavy atom. The van der Waals surface area contributed by atoms with E-state index in [1.54, 1.807) is 0 Å². The van der Waals surface area contributed by atoms with Crippen molar-refractivity contribution in [1.29, 1.82) is 0 Å². The summed E-state index contributed by atoms with van der Waals surface area (Å²) >= 11 is 0. The highest BCUT2D eigenvalue weighted by atomic mass is 16.5. The van der Waals surface area contributed by atoms with Gasteiger partial charge in [0.05, 0.1) is 19.3 Å². The van der Waals surface area contributed by atoms with Gasteiger partial charge in [-0.05, 0) is 69.0 Å². The molecule has 8 aliphatic rings. The first-order valence-corrected chi connectivity index (χ1v) is 14.0. The lowest BCUT2D eigenvalue weighted by Gasteiger charge is -2.66. The lowest BCUT2D eigenvalue weighted by molar-refractivity contribution is -0.145. The number of likely N-dealkylation sites (tertiary alicyclic amines) is 1.